The van der Waals surface area contributed by atoms with Gasteiger partial charge in [0.05, 0.1) is 26.6 Å². The Morgan fingerprint density at radius 3 is 2.73 bits per heavy atom. The van der Waals surface area contributed by atoms with Gasteiger partial charge in [0.2, 0.25) is 18.5 Å². The maximum atomic E-state index is 14.0. The lowest BCUT2D eigenvalue weighted by Crippen LogP contribution is -2.46. The van der Waals surface area contributed by atoms with Crippen LogP contribution in [-0.2, 0) is 27.4 Å². The number of rotatable bonds is 12. The molecule has 0 unspecified atom stereocenters. The van der Waals surface area contributed by atoms with Crippen molar-refractivity contribution in [1.29, 1.82) is 0 Å². The van der Waals surface area contributed by atoms with E-state index in [9.17, 15) is 9.59 Å². The molecular formula is C30H32N6O8. The maximum absolute atomic E-state index is 14.0. The predicted molar refractivity (Wildman–Crippen MR) is 153 cm³/mol. The molecule has 1 fully saturated rings. The highest BCUT2D eigenvalue weighted by Gasteiger charge is 2.35. The second kappa shape index (κ2) is 13.0. The summed E-state index contributed by atoms with van der Waals surface area (Å²) in [6, 6.07) is 12.9. The number of nitrogens with one attached hydrogen (secondary N) is 1. The number of fused-ring (bicyclic) bond motifs is 1. The Kier molecular flexibility index (Phi) is 8.59. The van der Waals surface area contributed by atoms with Crippen molar-refractivity contribution in [3.05, 3.63) is 66.1 Å². The molecular weight excluding hydrogens is 572 g/mol. The van der Waals surface area contributed by atoms with Gasteiger partial charge < -0.3 is 38.3 Å². The minimum absolute atomic E-state index is 0.0609. The highest BCUT2D eigenvalue weighted by molar-refractivity contribution is 5.88. The van der Waals surface area contributed by atoms with E-state index in [-0.39, 0.29) is 31.8 Å². The van der Waals surface area contributed by atoms with Gasteiger partial charge in [-0.15, -0.1) is 10.2 Å². The standard InChI is InChI=1S/C30H32N6O8/c1-39-22-10-8-20(14-25(22)40-2)29-32-34-36(33-29)17-27(37)35(16-19-7-9-23-26(13-19)44-18-43-23)28(24-6-4-12-42-24)30(38)31-15-21-5-3-11-41-21/h4,6-10,12-14,21,28H,3,5,11,15-18H2,1-2H3,(H,31,38)/t21-,28+/m1/s1. The Balaban J connectivity index is 1.28. The van der Waals surface area contributed by atoms with E-state index in [4.69, 9.17) is 28.1 Å². The van der Waals surface area contributed by atoms with Crippen LogP contribution in [0.15, 0.2) is 59.2 Å². The number of furan rings is 1. The molecule has 0 bridgehead atoms. The molecule has 2 aliphatic heterocycles. The first-order valence-electron chi connectivity index (χ1n) is 14.1. The number of carbonyl (C=O) groups is 2. The number of ether oxygens (including phenoxy) is 5. The van der Waals surface area contributed by atoms with Crippen LogP contribution in [0.4, 0.5) is 0 Å². The Morgan fingerprint density at radius 2 is 1.95 bits per heavy atom. The first-order chi connectivity index (χ1) is 21.5. The SMILES string of the molecule is COc1ccc(-c2nnn(CC(=O)N(Cc3ccc4c(c3)OCO4)[C@H](C(=O)NC[C@H]3CCCO3)c3ccco3)n2)cc1OC. The van der Waals surface area contributed by atoms with Gasteiger partial charge in [-0.05, 0) is 66.1 Å². The zero-order valence-electron chi connectivity index (χ0n) is 24.3. The number of carbonyl (C=O) groups excluding carboxylic acids is 2. The van der Waals surface area contributed by atoms with Crippen LogP contribution in [0.3, 0.4) is 0 Å². The lowest BCUT2D eigenvalue weighted by Gasteiger charge is -2.30. The quantitative estimate of drug-likeness (QED) is 0.254. The lowest BCUT2D eigenvalue weighted by molar-refractivity contribution is -0.143. The molecule has 0 aliphatic carbocycles. The molecule has 4 aromatic rings. The highest BCUT2D eigenvalue weighted by Crippen LogP contribution is 2.34. The van der Waals surface area contributed by atoms with Crippen LogP contribution in [0.25, 0.3) is 11.4 Å². The van der Waals surface area contributed by atoms with E-state index < -0.39 is 17.9 Å². The lowest BCUT2D eigenvalue weighted by atomic mass is 10.1. The fourth-order valence-corrected chi connectivity index (χ4v) is 5.16. The molecule has 2 amide bonds. The van der Waals surface area contributed by atoms with Gasteiger partial charge in [0.15, 0.2) is 29.0 Å². The van der Waals surface area contributed by atoms with Crippen molar-refractivity contribution >= 4 is 11.8 Å². The van der Waals surface area contributed by atoms with Crippen LogP contribution in [0, 0.1) is 0 Å². The molecule has 1 saturated heterocycles. The smallest absolute Gasteiger partial charge is 0.250 e. The van der Waals surface area contributed by atoms with Gasteiger partial charge in [0.25, 0.3) is 5.91 Å². The van der Waals surface area contributed by atoms with Gasteiger partial charge in [-0.2, -0.15) is 4.80 Å². The molecule has 14 nitrogen and oxygen atoms in total. The fraction of sp³-hybridized carbons (Fsp3) is 0.367. The summed E-state index contributed by atoms with van der Waals surface area (Å²) in [6.45, 7) is 0.865. The molecule has 2 aliphatic rings. The summed E-state index contributed by atoms with van der Waals surface area (Å²) < 4.78 is 33.0. The van der Waals surface area contributed by atoms with Crippen molar-refractivity contribution in [3.8, 4) is 34.4 Å². The number of amides is 2. The second-order valence-electron chi connectivity index (χ2n) is 10.2. The van der Waals surface area contributed by atoms with Crippen LogP contribution in [0.1, 0.15) is 30.2 Å². The number of hydrogen-bond donors (Lipinski definition) is 1. The monoisotopic (exact) mass is 604 g/mol. The second-order valence-corrected chi connectivity index (χ2v) is 10.2. The maximum Gasteiger partial charge on any atom is 0.250 e. The molecule has 0 radical (unpaired) electrons. The minimum atomic E-state index is -1.09. The molecule has 6 rings (SSSR count). The summed E-state index contributed by atoms with van der Waals surface area (Å²) in [5, 5.41) is 15.6. The van der Waals surface area contributed by atoms with E-state index in [2.05, 4.69) is 20.7 Å². The minimum Gasteiger partial charge on any atom is -0.493 e. The first-order valence-corrected chi connectivity index (χ1v) is 14.1. The summed E-state index contributed by atoms with van der Waals surface area (Å²) in [4.78, 5) is 30.4. The topological polar surface area (TPSA) is 152 Å². The van der Waals surface area contributed by atoms with Crippen molar-refractivity contribution in [3.63, 3.8) is 0 Å². The number of methoxy groups -OCH3 is 2. The van der Waals surface area contributed by atoms with Gasteiger partial charge in [-0.25, -0.2) is 0 Å². The third kappa shape index (κ3) is 6.29. The van der Waals surface area contributed by atoms with Gasteiger partial charge in [0.1, 0.15) is 12.3 Å². The number of nitrogens with zero attached hydrogens (tertiary/aromatic N) is 5. The molecule has 2 aromatic carbocycles. The molecule has 2 aromatic heterocycles. The zero-order chi connectivity index (χ0) is 30.5. The zero-order valence-corrected chi connectivity index (χ0v) is 24.3. The normalized spacial score (nSPS) is 16.0. The van der Waals surface area contributed by atoms with Crippen molar-refractivity contribution < 1.29 is 37.7 Å². The van der Waals surface area contributed by atoms with Crippen molar-refractivity contribution in [2.24, 2.45) is 0 Å². The van der Waals surface area contributed by atoms with Gasteiger partial charge in [0, 0.05) is 25.3 Å². The van der Waals surface area contributed by atoms with Crippen molar-refractivity contribution in [2.45, 2.75) is 38.1 Å². The van der Waals surface area contributed by atoms with Crippen molar-refractivity contribution in [1.82, 2.24) is 30.4 Å². The van der Waals surface area contributed by atoms with E-state index >= 15 is 0 Å². The summed E-state index contributed by atoms with van der Waals surface area (Å²) in [5.41, 5.74) is 1.35. The van der Waals surface area contributed by atoms with Crippen LogP contribution < -0.4 is 24.3 Å². The van der Waals surface area contributed by atoms with Crippen LogP contribution in [0.5, 0.6) is 23.0 Å². The highest BCUT2D eigenvalue weighted by atomic mass is 16.7. The largest absolute Gasteiger partial charge is 0.493 e. The number of tetrazole rings is 1. The van der Waals surface area contributed by atoms with Gasteiger partial charge in [-0.3, -0.25) is 9.59 Å². The third-order valence-electron chi connectivity index (χ3n) is 7.38. The van der Waals surface area contributed by atoms with Crippen LogP contribution in [-0.4, -0.2) is 77.2 Å². The third-order valence-corrected chi connectivity index (χ3v) is 7.38. The van der Waals surface area contributed by atoms with E-state index in [1.165, 1.54) is 23.1 Å². The molecule has 230 valence electrons. The summed E-state index contributed by atoms with van der Waals surface area (Å²) in [7, 11) is 3.08. The molecule has 4 heterocycles. The summed E-state index contributed by atoms with van der Waals surface area (Å²) in [5.74, 6) is 1.99. The van der Waals surface area contributed by atoms with E-state index in [0.29, 0.717) is 47.5 Å². The molecule has 1 N–H and O–H groups in total. The number of benzene rings is 2. The Morgan fingerprint density at radius 1 is 1.09 bits per heavy atom. The molecule has 2 atom stereocenters. The van der Waals surface area contributed by atoms with E-state index in [1.54, 1.807) is 49.6 Å². The molecule has 0 saturated carbocycles. The van der Waals surface area contributed by atoms with Gasteiger partial charge in [-0.1, -0.05) is 6.07 Å². The van der Waals surface area contributed by atoms with Gasteiger partial charge >= 0.3 is 0 Å². The first kappa shape index (κ1) is 29.0. The predicted octanol–water partition coefficient (Wildman–Crippen LogP) is 2.74. The summed E-state index contributed by atoms with van der Waals surface area (Å²) >= 11 is 0. The van der Waals surface area contributed by atoms with E-state index in [0.717, 1.165) is 18.4 Å². The van der Waals surface area contributed by atoms with E-state index in [1.807, 2.05) is 6.07 Å². The Labute approximate surface area is 252 Å². The number of hydrogen-bond acceptors (Lipinski definition) is 11. The molecule has 0 spiro atoms. The summed E-state index contributed by atoms with van der Waals surface area (Å²) in [6.07, 6.45) is 3.18. The average molecular weight is 605 g/mol. The van der Waals surface area contributed by atoms with Crippen LogP contribution >= 0.6 is 0 Å². The molecule has 14 heteroatoms. The number of aromatic nitrogens is 4. The van der Waals surface area contributed by atoms with Crippen LogP contribution in [0.2, 0.25) is 0 Å². The van der Waals surface area contributed by atoms with Crippen molar-refractivity contribution in [2.75, 3.05) is 34.2 Å². The average Bonchev–Trinajstić information content (AvgIpc) is 3.87. The Hall–Kier alpha value is -5.11. The molecule has 44 heavy (non-hydrogen) atoms. The Bertz CT molecular complexity index is 1600. The fourth-order valence-electron chi connectivity index (χ4n) is 5.16.